The second-order valence-corrected chi connectivity index (χ2v) is 5.00. The maximum Gasteiger partial charge on any atom is 0.0499 e. The minimum absolute atomic E-state index is 0.255. The first kappa shape index (κ1) is 13.2. The summed E-state index contributed by atoms with van der Waals surface area (Å²) in [5, 5.41) is 9.40. The second-order valence-electron chi connectivity index (χ2n) is 5.00. The van der Waals surface area contributed by atoms with E-state index in [1.54, 1.807) is 0 Å². The summed E-state index contributed by atoms with van der Waals surface area (Å²) in [6.07, 6.45) is 3.40. The Kier molecular flexibility index (Phi) is 5.54. The van der Waals surface area contributed by atoms with Gasteiger partial charge in [0.1, 0.15) is 0 Å². The van der Waals surface area contributed by atoms with Crippen LogP contribution in [0.2, 0.25) is 0 Å². The van der Waals surface area contributed by atoms with Gasteiger partial charge in [0.15, 0.2) is 0 Å². The molecule has 0 spiro atoms. The molecule has 1 atom stereocenters. The van der Waals surface area contributed by atoms with Gasteiger partial charge >= 0.3 is 0 Å². The SMILES string of the molecule is CCCc1ccc(C(CO)CC(C)C)cc1. The minimum Gasteiger partial charge on any atom is -0.396 e. The van der Waals surface area contributed by atoms with Crippen molar-refractivity contribution in [1.29, 1.82) is 0 Å². The van der Waals surface area contributed by atoms with Gasteiger partial charge in [-0.2, -0.15) is 0 Å². The standard InChI is InChI=1S/C15H24O/c1-4-5-13-6-8-14(9-7-13)15(11-16)10-12(2)3/h6-9,12,15-16H,4-5,10-11H2,1-3H3. The number of aliphatic hydroxyl groups excluding tert-OH is 1. The lowest BCUT2D eigenvalue weighted by atomic mass is 9.90. The summed E-state index contributed by atoms with van der Waals surface area (Å²) in [6, 6.07) is 8.74. The molecule has 0 aromatic heterocycles. The Morgan fingerprint density at radius 3 is 2.19 bits per heavy atom. The van der Waals surface area contributed by atoms with Crippen molar-refractivity contribution in [2.75, 3.05) is 6.61 Å². The van der Waals surface area contributed by atoms with Crippen LogP contribution in [0.25, 0.3) is 0 Å². The van der Waals surface area contributed by atoms with Crippen LogP contribution < -0.4 is 0 Å². The zero-order valence-electron chi connectivity index (χ0n) is 10.7. The molecule has 0 aliphatic heterocycles. The van der Waals surface area contributed by atoms with Crippen LogP contribution in [0.3, 0.4) is 0 Å². The van der Waals surface area contributed by atoms with Crippen LogP contribution in [0, 0.1) is 5.92 Å². The summed E-state index contributed by atoms with van der Waals surface area (Å²) in [4.78, 5) is 0. The van der Waals surface area contributed by atoms with E-state index < -0.39 is 0 Å². The summed E-state index contributed by atoms with van der Waals surface area (Å²) in [5.41, 5.74) is 2.67. The largest absolute Gasteiger partial charge is 0.396 e. The molecular formula is C15H24O. The number of aryl methyl sites for hydroxylation is 1. The Bertz CT molecular complexity index is 287. The average Bonchev–Trinajstić information content (AvgIpc) is 2.27. The quantitative estimate of drug-likeness (QED) is 0.774. The Morgan fingerprint density at radius 1 is 1.12 bits per heavy atom. The third-order valence-corrected chi connectivity index (χ3v) is 2.97. The van der Waals surface area contributed by atoms with Crippen molar-refractivity contribution in [1.82, 2.24) is 0 Å². The smallest absolute Gasteiger partial charge is 0.0499 e. The van der Waals surface area contributed by atoms with Gasteiger partial charge in [-0.15, -0.1) is 0 Å². The Morgan fingerprint density at radius 2 is 1.75 bits per heavy atom. The molecule has 1 unspecified atom stereocenters. The van der Waals surface area contributed by atoms with Crippen molar-refractivity contribution in [2.24, 2.45) is 5.92 Å². The minimum atomic E-state index is 0.255. The highest BCUT2D eigenvalue weighted by Gasteiger charge is 2.11. The summed E-state index contributed by atoms with van der Waals surface area (Å²) < 4.78 is 0. The van der Waals surface area contributed by atoms with Crippen molar-refractivity contribution < 1.29 is 5.11 Å². The van der Waals surface area contributed by atoms with Gasteiger partial charge in [0.2, 0.25) is 0 Å². The van der Waals surface area contributed by atoms with E-state index in [4.69, 9.17) is 0 Å². The molecule has 90 valence electrons. The zero-order valence-corrected chi connectivity index (χ0v) is 10.7. The van der Waals surface area contributed by atoms with Crippen molar-refractivity contribution >= 4 is 0 Å². The van der Waals surface area contributed by atoms with Crippen molar-refractivity contribution in [3.8, 4) is 0 Å². The number of rotatable bonds is 6. The van der Waals surface area contributed by atoms with Crippen LogP contribution in [-0.2, 0) is 6.42 Å². The summed E-state index contributed by atoms with van der Waals surface area (Å²) >= 11 is 0. The maximum absolute atomic E-state index is 9.40. The molecule has 1 aromatic rings. The monoisotopic (exact) mass is 220 g/mol. The Balaban J connectivity index is 2.70. The summed E-state index contributed by atoms with van der Waals surface area (Å²) in [7, 11) is 0. The Hall–Kier alpha value is -0.820. The van der Waals surface area contributed by atoms with Crippen LogP contribution in [0.4, 0.5) is 0 Å². The van der Waals surface area contributed by atoms with E-state index in [-0.39, 0.29) is 6.61 Å². The number of hydrogen-bond acceptors (Lipinski definition) is 1. The highest BCUT2D eigenvalue weighted by Crippen LogP contribution is 2.23. The lowest BCUT2D eigenvalue weighted by molar-refractivity contribution is 0.249. The van der Waals surface area contributed by atoms with E-state index in [0.717, 1.165) is 12.8 Å². The molecule has 0 saturated carbocycles. The molecule has 0 aliphatic rings. The molecule has 0 radical (unpaired) electrons. The highest BCUT2D eigenvalue weighted by molar-refractivity contribution is 5.25. The topological polar surface area (TPSA) is 20.2 Å². The molecule has 1 heteroatoms. The lowest BCUT2D eigenvalue weighted by Gasteiger charge is -2.17. The van der Waals surface area contributed by atoms with Gasteiger partial charge in [-0.05, 0) is 29.9 Å². The van der Waals surface area contributed by atoms with E-state index in [9.17, 15) is 5.11 Å². The molecule has 0 bridgehead atoms. The van der Waals surface area contributed by atoms with Gasteiger partial charge < -0.3 is 5.11 Å². The van der Waals surface area contributed by atoms with Gasteiger partial charge in [-0.25, -0.2) is 0 Å². The molecular weight excluding hydrogens is 196 g/mol. The molecule has 1 nitrogen and oxygen atoms in total. The predicted octanol–water partition coefficient (Wildman–Crippen LogP) is 3.76. The molecule has 1 rings (SSSR count). The summed E-state index contributed by atoms with van der Waals surface area (Å²) in [5.74, 6) is 0.933. The number of hydrogen-bond donors (Lipinski definition) is 1. The van der Waals surface area contributed by atoms with Gasteiger partial charge in [-0.1, -0.05) is 51.5 Å². The zero-order chi connectivity index (χ0) is 12.0. The van der Waals surface area contributed by atoms with Gasteiger partial charge in [0, 0.05) is 12.5 Å². The van der Waals surface area contributed by atoms with Crippen LogP contribution in [0.5, 0.6) is 0 Å². The molecule has 16 heavy (non-hydrogen) atoms. The summed E-state index contributed by atoms with van der Waals surface area (Å²) in [6.45, 7) is 6.86. The normalized spacial score (nSPS) is 13.1. The number of benzene rings is 1. The van der Waals surface area contributed by atoms with E-state index >= 15 is 0 Å². The molecule has 1 N–H and O–H groups in total. The van der Waals surface area contributed by atoms with Crippen molar-refractivity contribution in [3.05, 3.63) is 35.4 Å². The first-order valence-electron chi connectivity index (χ1n) is 6.37. The van der Waals surface area contributed by atoms with Crippen LogP contribution in [0.15, 0.2) is 24.3 Å². The second kappa shape index (κ2) is 6.70. The van der Waals surface area contributed by atoms with Gasteiger partial charge in [-0.3, -0.25) is 0 Å². The third-order valence-electron chi connectivity index (χ3n) is 2.97. The average molecular weight is 220 g/mol. The molecule has 0 heterocycles. The van der Waals surface area contributed by atoms with Crippen molar-refractivity contribution in [3.63, 3.8) is 0 Å². The van der Waals surface area contributed by atoms with Crippen molar-refractivity contribution in [2.45, 2.75) is 46.0 Å². The fourth-order valence-corrected chi connectivity index (χ4v) is 2.13. The van der Waals surface area contributed by atoms with Crippen LogP contribution in [0.1, 0.15) is 50.7 Å². The fourth-order valence-electron chi connectivity index (χ4n) is 2.13. The highest BCUT2D eigenvalue weighted by atomic mass is 16.3. The maximum atomic E-state index is 9.40. The molecule has 0 fully saturated rings. The Labute approximate surface area is 99.5 Å². The predicted molar refractivity (Wildman–Crippen MR) is 69.7 cm³/mol. The molecule has 0 saturated heterocycles. The van der Waals surface area contributed by atoms with Gasteiger partial charge in [0.25, 0.3) is 0 Å². The van der Waals surface area contributed by atoms with Gasteiger partial charge in [0.05, 0.1) is 0 Å². The fraction of sp³-hybridized carbons (Fsp3) is 0.600. The first-order chi connectivity index (χ1) is 7.67. The lowest BCUT2D eigenvalue weighted by Crippen LogP contribution is -2.07. The van der Waals surface area contributed by atoms with E-state index in [1.807, 2.05) is 0 Å². The van der Waals surface area contributed by atoms with Crippen LogP contribution in [-0.4, -0.2) is 11.7 Å². The van der Waals surface area contributed by atoms with E-state index in [2.05, 4.69) is 45.0 Å². The third kappa shape index (κ3) is 3.97. The van der Waals surface area contributed by atoms with E-state index in [1.165, 1.54) is 17.5 Å². The van der Waals surface area contributed by atoms with Crippen LogP contribution >= 0.6 is 0 Å². The molecule has 0 amide bonds. The number of aliphatic hydroxyl groups is 1. The molecule has 0 aliphatic carbocycles. The molecule has 1 aromatic carbocycles. The van der Waals surface area contributed by atoms with E-state index in [0.29, 0.717) is 11.8 Å². The first-order valence-corrected chi connectivity index (χ1v) is 6.37.